The van der Waals surface area contributed by atoms with Crippen LogP contribution in [0.15, 0.2) is 55.3 Å². The standard InChI is InChI=1S/C31H42F2O4/c1-4-24(3)30(33)31(34)37-29-20-17-26(23-28(29)32)25-15-18-27(19-16-25)36-22-14-12-10-8-6-7-9-11-13-21-35-5-2/h5,15-20,23-24,30H,2,4,6-14,21-22H2,1,3H3/t24-,30+/m0/s1. The summed E-state index contributed by atoms with van der Waals surface area (Å²) in [6, 6.07) is 11.7. The Balaban J connectivity index is 1.66. The Morgan fingerprint density at radius 3 is 2.03 bits per heavy atom. The number of esters is 1. The molecule has 2 aromatic carbocycles. The van der Waals surface area contributed by atoms with E-state index in [1.54, 1.807) is 19.9 Å². The van der Waals surface area contributed by atoms with Crippen molar-refractivity contribution < 1.29 is 27.8 Å². The van der Waals surface area contributed by atoms with Gasteiger partial charge in [-0.15, -0.1) is 0 Å². The van der Waals surface area contributed by atoms with Gasteiger partial charge in [-0.05, 0) is 54.2 Å². The highest BCUT2D eigenvalue weighted by Gasteiger charge is 2.26. The van der Waals surface area contributed by atoms with Gasteiger partial charge in [0.15, 0.2) is 17.7 Å². The van der Waals surface area contributed by atoms with Crippen molar-refractivity contribution in [3.63, 3.8) is 0 Å². The maximum atomic E-state index is 14.5. The van der Waals surface area contributed by atoms with Gasteiger partial charge in [0.1, 0.15) is 5.75 Å². The molecule has 0 spiro atoms. The van der Waals surface area contributed by atoms with Crippen molar-refractivity contribution >= 4 is 5.97 Å². The lowest BCUT2D eigenvalue weighted by Crippen LogP contribution is -2.28. The van der Waals surface area contributed by atoms with Gasteiger partial charge < -0.3 is 14.2 Å². The molecule has 2 aromatic rings. The minimum absolute atomic E-state index is 0.269. The van der Waals surface area contributed by atoms with Gasteiger partial charge in [-0.1, -0.05) is 90.0 Å². The van der Waals surface area contributed by atoms with Crippen LogP contribution in [0.2, 0.25) is 0 Å². The first-order chi connectivity index (χ1) is 18.0. The molecule has 204 valence electrons. The summed E-state index contributed by atoms with van der Waals surface area (Å²) < 4.78 is 44.4. The van der Waals surface area contributed by atoms with Crippen molar-refractivity contribution in [2.45, 2.75) is 84.2 Å². The summed E-state index contributed by atoms with van der Waals surface area (Å²) in [5, 5.41) is 0. The predicted molar refractivity (Wildman–Crippen MR) is 145 cm³/mol. The molecule has 0 saturated carbocycles. The van der Waals surface area contributed by atoms with Gasteiger partial charge in [0, 0.05) is 0 Å². The van der Waals surface area contributed by atoms with Crippen LogP contribution in [0.25, 0.3) is 11.1 Å². The first-order valence-electron chi connectivity index (χ1n) is 13.6. The van der Waals surface area contributed by atoms with E-state index in [0.29, 0.717) is 18.6 Å². The Hall–Kier alpha value is -2.89. The monoisotopic (exact) mass is 516 g/mol. The third-order valence-electron chi connectivity index (χ3n) is 6.49. The van der Waals surface area contributed by atoms with Gasteiger partial charge in [-0.3, -0.25) is 0 Å². The third kappa shape index (κ3) is 11.4. The van der Waals surface area contributed by atoms with Crippen molar-refractivity contribution in [2.75, 3.05) is 13.2 Å². The molecular formula is C31H42F2O4. The first-order valence-corrected chi connectivity index (χ1v) is 13.6. The Kier molecular flexibility index (Phi) is 14.4. The summed E-state index contributed by atoms with van der Waals surface area (Å²) in [7, 11) is 0. The number of carbonyl (C=O) groups excluding carboxylic acids is 1. The number of halogens is 2. The molecule has 2 atom stereocenters. The van der Waals surface area contributed by atoms with Gasteiger partial charge in [-0.2, -0.15) is 0 Å². The van der Waals surface area contributed by atoms with Crippen LogP contribution in [0.3, 0.4) is 0 Å². The fourth-order valence-electron chi connectivity index (χ4n) is 3.91. The molecule has 0 unspecified atom stereocenters. The molecule has 0 aliphatic carbocycles. The van der Waals surface area contributed by atoms with Crippen LogP contribution in [0.5, 0.6) is 11.5 Å². The highest BCUT2D eigenvalue weighted by atomic mass is 19.1. The molecule has 0 radical (unpaired) electrons. The quantitative estimate of drug-likeness (QED) is 0.0810. The summed E-state index contributed by atoms with van der Waals surface area (Å²) in [5.74, 6) is -1.75. The molecule has 0 aromatic heterocycles. The molecular weight excluding hydrogens is 474 g/mol. The Labute approximate surface area is 221 Å². The lowest BCUT2D eigenvalue weighted by Gasteiger charge is -2.14. The van der Waals surface area contributed by atoms with Crippen molar-refractivity contribution in [1.29, 1.82) is 0 Å². The van der Waals surface area contributed by atoms with E-state index in [1.165, 1.54) is 56.9 Å². The highest BCUT2D eigenvalue weighted by molar-refractivity contribution is 5.77. The van der Waals surface area contributed by atoms with Crippen LogP contribution < -0.4 is 9.47 Å². The van der Waals surface area contributed by atoms with Crippen molar-refractivity contribution in [2.24, 2.45) is 5.92 Å². The number of benzene rings is 2. The second-order valence-corrected chi connectivity index (χ2v) is 9.45. The fourth-order valence-corrected chi connectivity index (χ4v) is 3.91. The zero-order valence-corrected chi connectivity index (χ0v) is 22.4. The molecule has 6 heteroatoms. The van der Waals surface area contributed by atoms with Gasteiger partial charge in [0.05, 0.1) is 19.5 Å². The maximum Gasteiger partial charge on any atom is 0.346 e. The van der Waals surface area contributed by atoms with E-state index >= 15 is 0 Å². The lowest BCUT2D eigenvalue weighted by atomic mass is 10.0. The summed E-state index contributed by atoms with van der Waals surface area (Å²) in [4.78, 5) is 11.9. The lowest BCUT2D eigenvalue weighted by molar-refractivity contribution is -0.142. The van der Waals surface area contributed by atoms with Gasteiger partial charge in [-0.25, -0.2) is 13.6 Å². The molecule has 0 N–H and O–H groups in total. The van der Waals surface area contributed by atoms with Crippen molar-refractivity contribution in [1.82, 2.24) is 0 Å². The van der Waals surface area contributed by atoms with Gasteiger partial charge in [0.25, 0.3) is 0 Å². The molecule has 4 nitrogen and oxygen atoms in total. The van der Waals surface area contributed by atoms with E-state index in [9.17, 15) is 13.6 Å². The summed E-state index contributed by atoms with van der Waals surface area (Å²) in [5.41, 5.74) is 1.44. The number of alkyl halides is 1. The van der Waals surface area contributed by atoms with Crippen LogP contribution in [-0.2, 0) is 9.53 Å². The van der Waals surface area contributed by atoms with E-state index in [1.807, 2.05) is 24.3 Å². The molecule has 37 heavy (non-hydrogen) atoms. The third-order valence-corrected chi connectivity index (χ3v) is 6.49. The molecule has 0 amide bonds. The first kappa shape index (κ1) is 30.3. The average Bonchev–Trinajstić information content (AvgIpc) is 2.91. The minimum atomic E-state index is -1.78. The van der Waals surface area contributed by atoms with E-state index in [2.05, 4.69) is 6.58 Å². The van der Waals surface area contributed by atoms with E-state index < -0.39 is 23.9 Å². The van der Waals surface area contributed by atoms with Gasteiger partial charge in [0.2, 0.25) is 0 Å². The van der Waals surface area contributed by atoms with Crippen LogP contribution >= 0.6 is 0 Å². The van der Waals surface area contributed by atoms with E-state index in [0.717, 1.165) is 37.2 Å². The summed E-state index contributed by atoms with van der Waals surface area (Å²) >= 11 is 0. The maximum absolute atomic E-state index is 14.5. The number of ether oxygens (including phenoxy) is 3. The minimum Gasteiger partial charge on any atom is -0.502 e. The van der Waals surface area contributed by atoms with Crippen molar-refractivity contribution in [3.05, 3.63) is 61.1 Å². The molecule has 0 saturated heterocycles. The molecule has 0 bridgehead atoms. The number of hydrogen-bond acceptors (Lipinski definition) is 4. The SMILES string of the molecule is C=COCCCCCCCCCCCOc1ccc(-c2ccc(OC(=O)[C@H](F)[C@@H](C)CC)c(F)c2)cc1. The largest absolute Gasteiger partial charge is 0.502 e. The zero-order chi connectivity index (χ0) is 26.9. The number of rotatable bonds is 19. The van der Waals surface area contributed by atoms with Crippen LogP contribution in [0, 0.1) is 11.7 Å². The number of carbonyl (C=O) groups is 1. The van der Waals surface area contributed by atoms with E-state index in [-0.39, 0.29) is 5.75 Å². The Morgan fingerprint density at radius 1 is 0.892 bits per heavy atom. The second-order valence-electron chi connectivity index (χ2n) is 9.45. The predicted octanol–water partition coefficient (Wildman–Crippen LogP) is 8.83. The highest BCUT2D eigenvalue weighted by Crippen LogP contribution is 2.28. The van der Waals surface area contributed by atoms with Gasteiger partial charge >= 0.3 is 5.97 Å². The van der Waals surface area contributed by atoms with Crippen molar-refractivity contribution in [3.8, 4) is 22.6 Å². The van der Waals surface area contributed by atoms with E-state index in [4.69, 9.17) is 14.2 Å². The van der Waals surface area contributed by atoms with Crippen LogP contribution in [-0.4, -0.2) is 25.4 Å². The second kappa shape index (κ2) is 17.5. The van der Waals surface area contributed by atoms with Crippen LogP contribution in [0.1, 0.15) is 78.1 Å². The zero-order valence-electron chi connectivity index (χ0n) is 22.4. The Morgan fingerprint density at radius 2 is 1.46 bits per heavy atom. The number of hydrogen-bond donors (Lipinski definition) is 0. The normalized spacial score (nSPS) is 12.5. The molecule has 0 aliphatic rings. The molecule has 2 rings (SSSR count). The topological polar surface area (TPSA) is 44.8 Å². The average molecular weight is 517 g/mol. The molecule has 0 aliphatic heterocycles. The van der Waals surface area contributed by atoms with Crippen LogP contribution in [0.4, 0.5) is 8.78 Å². The summed E-state index contributed by atoms with van der Waals surface area (Å²) in [6.07, 6.45) is 11.0. The fraction of sp³-hybridized carbons (Fsp3) is 0.516. The molecule has 0 heterocycles. The summed E-state index contributed by atoms with van der Waals surface area (Å²) in [6.45, 7) is 8.39. The Bertz CT molecular complexity index is 929. The molecule has 0 fully saturated rings. The smallest absolute Gasteiger partial charge is 0.346 e. The number of unbranched alkanes of at least 4 members (excludes halogenated alkanes) is 8.